The normalized spacial score (nSPS) is 12.1. The molecule has 0 aliphatic heterocycles. The number of nitrogens with zero attached hydrogens (tertiary/aromatic N) is 2. The van der Waals surface area contributed by atoms with Crippen LogP contribution in [-0.4, -0.2) is 34.9 Å². The minimum Gasteiger partial charge on any atom is -0.490 e. The van der Waals surface area contributed by atoms with Crippen molar-refractivity contribution in [1.82, 2.24) is 10.3 Å². The zero-order valence-corrected chi connectivity index (χ0v) is 21.2. The molecule has 7 heteroatoms. The van der Waals surface area contributed by atoms with Crippen molar-refractivity contribution in [3.05, 3.63) is 95.5 Å². The van der Waals surface area contributed by atoms with Gasteiger partial charge in [0.05, 0.1) is 0 Å². The fourth-order valence-electron chi connectivity index (χ4n) is 3.78. The van der Waals surface area contributed by atoms with Crippen molar-refractivity contribution in [2.45, 2.75) is 31.9 Å². The average molecular weight is 500 g/mol. The van der Waals surface area contributed by atoms with Gasteiger partial charge in [-0.2, -0.15) is 5.26 Å². The molecule has 0 saturated carbocycles. The highest BCUT2D eigenvalue weighted by molar-refractivity contribution is 7.13. The Bertz CT molecular complexity index is 1300. The van der Waals surface area contributed by atoms with Crippen LogP contribution < -0.4 is 14.8 Å². The van der Waals surface area contributed by atoms with Crippen LogP contribution in [0.25, 0.3) is 10.4 Å². The Hall–Kier alpha value is -3.70. The minimum atomic E-state index is -0.649. The highest BCUT2D eigenvalue weighted by atomic mass is 32.1. The van der Waals surface area contributed by atoms with Crippen LogP contribution in [0.4, 0.5) is 0 Å². The fourth-order valence-corrected chi connectivity index (χ4v) is 4.54. The van der Waals surface area contributed by atoms with Gasteiger partial charge in [0.25, 0.3) is 0 Å². The first kappa shape index (κ1) is 25.4. The summed E-state index contributed by atoms with van der Waals surface area (Å²) in [4.78, 5) is 5.27. The molecular formula is C29H29N3O3S. The number of hydrogen-bond donors (Lipinski definition) is 2. The highest BCUT2D eigenvalue weighted by Crippen LogP contribution is 2.33. The second-order valence-electron chi connectivity index (χ2n) is 9.09. The molecule has 0 fully saturated rings. The van der Waals surface area contributed by atoms with Crippen molar-refractivity contribution >= 4 is 11.3 Å². The SMILES string of the molecule is CC(C)(Cc1ccc(Oc2ncccc2C#N)cc1)NC[C@H](O)COc1ccccc1-c1cccs1. The van der Waals surface area contributed by atoms with Crippen molar-refractivity contribution in [1.29, 1.82) is 5.26 Å². The number of nitriles is 1. The molecule has 0 unspecified atom stereocenters. The van der Waals surface area contributed by atoms with Crippen molar-refractivity contribution in [3.63, 3.8) is 0 Å². The number of thiophene rings is 1. The summed E-state index contributed by atoms with van der Waals surface area (Å²) in [5.74, 6) is 1.69. The monoisotopic (exact) mass is 499 g/mol. The van der Waals surface area contributed by atoms with E-state index >= 15 is 0 Å². The molecule has 36 heavy (non-hydrogen) atoms. The van der Waals surface area contributed by atoms with Gasteiger partial charge in [0.15, 0.2) is 0 Å². The summed E-state index contributed by atoms with van der Waals surface area (Å²) in [5, 5.41) is 25.2. The number of para-hydroxylation sites is 1. The van der Waals surface area contributed by atoms with E-state index in [0.717, 1.165) is 28.2 Å². The molecular weight excluding hydrogens is 470 g/mol. The number of aliphatic hydroxyl groups is 1. The van der Waals surface area contributed by atoms with E-state index in [0.29, 0.717) is 23.7 Å². The molecule has 0 aliphatic carbocycles. The average Bonchev–Trinajstić information content (AvgIpc) is 3.43. The van der Waals surface area contributed by atoms with E-state index in [4.69, 9.17) is 9.47 Å². The summed E-state index contributed by atoms with van der Waals surface area (Å²) >= 11 is 1.66. The van der Waals surface area contributed by atoms with E-state index in [9.17, 15) is 10.4 Å². The topological polar surface area (TPSA) is 87.4 Å². The standard InChI is InChI=1S/C29H29N3O3S/c1-29(2,17-21-11-13-24(14-12-21)35-28-22(18-30)7-5-15-31-28)32-19-23(33)20-34-26-9-4-3-8-25(26)27-10-6-16-36-27/h3-16,23,32-33H,17,19-20H2,1-2H3/t23-/m0/s1. The number of pyridine rings is 1. The van der Waals surface area contributed by atoms with Crippen LogP contribution in [0.5, 0.6) is 17.4 Å². The molecule has 2 heterocycles. The molecule has 2 aromatic carbocycles. The minimum absolute atomic E-state index is 0.204. The van der Waals surface area contributed by atoms with Gasteiger partial charge in [-0.05, 0) is 73.7 Å². The van der Waals surface area contributed by atoms with Crippen LogP contribution in [-0.2, 0) is 6.42 Å². The Morgan fingerprint density at radius 2 is 1.86 bits per heavy atom. The predicted molar refractivity (Wildman–Crippen MR) is 143 cm³/mol. The molecule has 2 aromatic heterocycles. The summed E-state index contributed by atoms with van der Waals surface area (Å²) in [6.07, 6.45) is 1.71. The summed E-state index contributed by atoms with van der Waals surface area (Å²) in [5.41, 5.74) is 2.31. The van der Waals surface area contributed by atoms with Gasteiger partial charge in [-0.3, -0.25) is 0 Å². The van der Waals surface area contributed by atoms with Crippen LogP contribution in [0.2, 0.25) is 0 Å². The third kappa shape index (κ3) is 6.92. The molecule has 0 bridgehead atoms. The number of hydrogen-bond acceptors (Lipinski definition) is 7. The molecule has 0 amide bonds. The number of β-amino-alcohol motifs (C(OH)–C–C–N with tert-alkyl or cyclic N) is 1. The molecule has 184 valence electrons. The molecule has 4 aromatic rings. The van der Waals surface area contributed by atoms with Crippen LogP contribution in [0.1, 0.15) is 25.0 Å². The predicted octanol–water partition coefficient (Wildman–Crippen LogP) is 5.82. The fraction of sp³-hybridized carbons (Fsp3) is 0.241. The van der Waals surface area contributed by atoms with Crippen LogP contribution >= 0.6 is 11.3 Å². The number of rotatable bonds is 11. The summed E-state index contributed by atoms with van der Waals surface area (Å²) in [7, 11) is 0. The maximum Gasteiger partial charge on any atom is 0.237 e. The summed E-state index contributed by atoms with van der Waals surface area (Å²) in [6, 6.07) is 25.2. The maximum atomic E-state index is 10.6. The zero-order chi connectivity index (χ0) is 25.4. The molecule has 0 saturated heterocycles. The molecule has 1 atom stereocenters. The number of benzene rings is 2. The van der Waals surface area contributed by atoms with Crippen molar-refractivity contribution in [3.8, 4) is 33.9 Å². The number of nitrogens with one attached hydrogen (secondary N) is 1. The Balaban J connectivity index is 1.27. The Labute approximate surface area is 215 Å². The smallest absolute Gasteiger partial charge is 0.237 e. The van der Waals surface area contributed by atoms with Crippen molar-refractivity contribution in [2.24, 2.45) is 0 Å². The van der Waals surface area contributed by atoms with Gasteiger partial charge in [0, 0.05) is 28.7 Å². The number of aromatic nitrogens is 1. The first-order valence-corrected chi connectivity index (χ1v) is 12.6. The Morgan fingerprint density at radius 3 is 2.61 bits per heavy atom. The van der Waals surface area contributed by atoms with Gasteiger partial charge in [0.2, 0.25) is 5.88 Å². The first-order valence-electron chi connectivity index (χ1n) is 11.7. The van der Waals surface area contributed by atoms with E-state index in [1.807, 2.05) is 60.0 Å². The number of aliphatic hydroxyl groups excluding tert-OH is 1. The van der Waals surface area contributed by atoms with Crippen LogP contribution in [0.3, 0.4) is 0 Å². The van der Waals surface area contributed by atoms with Gasteiger partial charge in [-0.15, -0.1) is 11.3 Å². The Kier molecular flexibility index (Phi) is 8.34. The number of ether oxygens (including phenoxy) is 2. The lowest BCUT2D eigenvalue weighted by molar-refractivity contribution is 0.0991. The van der Waals surface area contributed by atoms with Gasteiger partial charge >= 0.3 is 0 Å². The molecule has 6 nitrogen and oxygen atoms in total. The van der Waals surface area contributed by atoms with E-state index in [1.165, 1.54) is 0 Å². The molecule has 0 radical (unpaired) electrons. The van der Waals surface area contributed by atoms with Gasteiger partial charge < -0.3 is 19.9 Å². The second kappa shape index (κ2) is 11.8. The lowest BCUT2D eigenvalue weighted by Crippen LogP contribution is -2.46. The molecule has 0 spiro atoms. The van der Waals surface area contributed by atoms with Crippen LogP contribution in [0, 0.1) is 11.3 Å². The maximum absolute atomic E-state index is 10.6. The van der Waals surface area contributed by atoms with E-state index in [1.54, 1.807) is 29.7 Å². The third-order valence-corrected chi connectivity index (χ3v) is 6.50. The summed E-state index contributed by atoms with van der Waals surface area (Å²) < 4.78 is 11.7. The van der Waals surface area contributed by atoms with Crippen molar-refractivity contribution in [2.75, 3.05) is 13.2 Å². The largest absolute Gasteiger partial charge is 0.490 e. The van der Waals surface area contributed by atoms with Gasteiger partial charge in [-0.25, -0.2) is 4.98 Å². The Morgan fingerprint density at radius 1 is 1.06 bits per heavy atom. The quantitative estimate of drug-likeness (QED) is 0.270. The molecule has 4 rings (SSSR count). The van der Waals surface area contributed by atoms with Crippen molar-refractivity contribution < 1.29 is 14.6 Å². The van der Waals surface area contributed by atoms with E-state index < -0.39 is 6.10 Å². The third-order valence-electron chi connectivity index (χ3n) is 5.60. The molecule has 2 N–H and O–H groups in total. The highest BCUT2D eigenvalue weighted by Gasteiger charge is 2.20. The molecule has 0 aliphatic rings. The van der Waals surface area contributed by atoms with Crippen LogP contribution in [0.15, 0.2) is 84.4 Å². The first-order chi connectivity index (χ1) is 17.4. The zero-order valence-electron chi connectivity index (χ0n) is 20.3. The summed E-state index contributed by atoms with van der Waals surface area (Å²) in [6.45, 7) is 4.82. The lowest BCUT2D eigenvalue weighted by Gasteiger charge is -2.28. The van der Waals surface area contributed by atoms with E-state index in [-0.39, 0.29) is 12.1 Å². The van der Waals surface area contributed by atoms with Gasteiger partial charge in [0.1, 0.15) is 35.8 Å². The van der Waals surface area contributed by atoms with Gasteiger partial charge in [-0.1, -0.05) is 30.3 Å². The van der Waals surface area contributed by atoms with E-state index in [2.05, 4.69) is 36.3 Å². The lowest BCUT2D eigenvalue weighted by atomic mass is 9.94. The second-order valence-corrected chi connectivity index (χ2v) is 10.0.